The lowest BCUT2D eigenvalue weighted by molar-refractivity contribution is -0.114. The van der Waals surface area contributed by atoms with Gasteiger partial charge in [-0.05, 0) is 37.1 Å². The third-order valence-corrected chi connectivity index (χ3v) is 3.50. The van der Waals surface area contributed by atoms with Crippen molar-refractivity contribution in [2.24, 2.45) is 0 Å². The van der Waals surface area contributed by atoms with Crippen molar-refractivity contribution < 1.29 is 14.7 Å². The third kappa shape index (κ3) is 4.06. The van der Waals surface area contributed by atoms with Crippen LogP contribution in [0.1, 0.15) is 44.0 Å². The fourth-order valence-electron chi connectivity index (χ4n) is 1.91. The zero-order chi connectivity index (χ0) is 15.2. The molecular weight excluding hydrogens is 256 g/mol. The summed E-state index contributed by atoms with van der Waals surface area (Å²) in [4.78, 5) is 23.1. The molecular formula is C15H22N2O3. The van der Waals surface area contributed by atoms with Gasteiger partial charge in [-0.1, -0.05) is 13.8 Å². The van der Waals surface area contributed by atoms with E-state index >= 15 is 0 Å². The van der Waals surface area contributed by atoms with Crippen molar-refractivity contribution in [1.82, 2.24) is 5.32 Å². The Morgan fingerprint density at radius 3 is 2.10 bits per heavy atom. The van der Waals surface area contributed by atoms with Crippen LogP contribution in [0.2, 0.25) is 0 Å². The molecule has 110 valence electrons. The first kappa shape index (κ1) is 16.2. The zero-order valence-electron chi connectivity index (χ0n) is 12.2. The molecule has 5 heteroatoms. The first-order chi connectivity index (χ1) is 9.46. The molecule has 0 spiro atoms. The van der Waals surface area contributed by atoms with Crippen molar-refractivity contribution >= 4 is 17.5 Å². The molecule has 0 aliphatic rings. The van der Waals surface area contributed by atoms with Crippen molar-refractivity contribution in [3.05, 3.63) is 29.8 Å². The Morgan fingerprint density at radius 2 is 1.70 bits per heavy atom. The number of carbonyl (C=O) groups excluding carboxylic acids is 2. The van der Waals surface area contributed by atoms with Gasteiger partial charge in [0, 0.05) is 18.2 Å². The quantitative estimate of drug-likeness (QED) is 0.744. The Hall–Kier alpha value is -1.88. The maximum absolute atomic E-state index is 12.2. The fourth-order valence-corrected chi connectivity index (χ4v) is 1.91. The topological polar surface area (TPSA) is 78.4 Å². The minimum Gasteiger partial charge on any atom is -0.394 e. The van der Waals surface area contributed by atoms with Crippen LogP contribution in [0.5, 0.6) is 0 Å². The van der Waals surface area contributed by atoms with Crippen molar-refractivity contribution in [3.8, 4) is 0 Å². The van der Waals surface area contributed by atoms with Gasteiger partial charge in [0.15, 0.2) is 0 Å². The SMILES string of the molecule is CCC(CC)(CO)NC(=O)c1ccc(NC(C)=O)cc1. The van der Waals surface area contributed by atoms with Crippen LogP contribution in [-0.2, 0) is 4.79 Å². The van der Waals surface area contributed by atoms with Crippen LogP contribution in [0, 0.1) is 0 Å². The first-order valence-corrected chi connectivity index (χ1v) is 6.77. The zero-order valence-corrected chi connectivity index (χ0v) is 12.2. The van der Waals surface area contributed by atoms with Crippen LogP contribution < -0.4 is 10.6 Å². The predicted octanol–water partition coefficient (Wildman–Crippen LogP) is 1.93. The third-order valence-electron chi connectivity index (χ3n) is 3.50. The van der Waals surface area contributed by atoms with E-state index in [1.165, 1.54) is 6.92 Å². The lowest BCUT2D eigenvalue weighted by Gasteiger charge is -2.30. The van der Waals surface area contributed by atoms with E-state index < -0.39 is 5.54 Å². The molecule has 3 N–H and O–H groups in total. The predicted molar refractivity (Wildman–Crippen MR) is 78.6 cm³/mol. The lowest BCUT2D eigenvalue weighted by Crippen LogP contribution is -2.50. The van der Waals surface area contributed by atoms with E-state index in [0.29, 0.717) is 24.1 Å². The van der Waals surface area contributed by atoms with Gasteiger partial charge in [-0.3, -0.25) is 9.59 Å². The highest BCUT2D eigenvalue weighted by atomic mass is 16.3. The van der Waals surface area contributed by atoms with Crippen LogP contribution in [0.4, 0.5) is 5.69 Å². The molecule has 1 aromatic carbocycles. The van der Waals surface area contributed by atoms with Crippen molar-refractivity contribution in [2.75, 3.05) is 11.9 Å². The molecule has 5 nitrogen and oxygen atoms in total. The van der Waals surface area contributed by atoms with Gasteiger partial charge in [0.2, 0.25) is 5.91 Å². The Balaban J connectivity index is 2.79. The summed E-state index contributed by atoms with van der Waals surface area (Å²) < 4.78 is 0. The number of carbonyl (C=O) groups is 2. The number of aliphatic hydroxyl groups is 1. The van der Waals surface area contributed by atoms with E-state index in [-0.39, 0.29) is 18.4 Å². The number of anilines is 1. The molecule has 20 heavy (non-hydrogen) atoms. The van der Waals surface area contributed by atoms with Gasteiger partial charge in [0.25, 0.3) is 5.91 Å². The standard InChI is InChI=1S/C15H22N2O3/c1-4-15(5-2,10-18)17-14(20)12-6-8-13(9-7-12)16-11(3)19/h6-9,18H,4-5,10H2,1-3H3,(H,16,19)(H,17,20). The minimum atomic E-state index is -0.576. The molecule has 0 bridgehead atoms. The number of amides is 2. The fraction of sp³-hybridized carbons (Fsp3) is 0.467. The number of hydrogen-bond acceptors (Lipinski definition) is 3. The Labute approximate surface area is 119 Å². The van der Waals surface area contributed by atoms with Gasteiger partial charge in [-0.2, -0.15) is 0 Å². The largest absolute Gasteiger partial charge is 0.394 e. The molecule has 0 radical (unpaired) electrons. The van der Waals surface area contributed by atoms with Gasteiger partial charge in [0.05, 0.1) is 12.1 Å². The van der Waals surface area contributed by atoms with E-state index in [1.807, 2.05) is 13.8 Å². The van der Waals surface area contributed by atoms with Gasteiger partial charge >= 0.3 is 0 Å². The molecule has 1 rings (SSSR count). The summed E-state index contributed by atoms with van der Waals surface area (Å²) in [5.41, 5.74) is 0.570. The average Bonchev–Trinajstić information content (AvgIpc) is 2.45. The van der Waals surface area contributed by atoms with Gasteiger partial charge in [-0.15, -0.1) is 0 Å². The molecule has 0 saturated heterocycles. The van der Waals surface area contributed by atoms with E-state index in [4.69, 9.17) is 0 Å². The van der Waals surface area contributed by atoms with Gasteiger partial charge in [-0.25, -0.2) is 0 Å². The number of nitrogens with one attached hydrogen (secondary N) is 2. The highest BCUT2D eigenvalue weighted by Gasteiger charge is 2.27. The van der Waals surface area contributed by atoms with Gasteiger partial charge in [0.1, 0.15) is 0 Å². The highest BCUT2D eigenvalue weighted by Crippen LogP contribution is 2.16. The minimum absolute atomic E-state index is 0.0876. The summed E-state index contributed by atoms with van der Waals surface area (Å²) in [6, 6.07) is 6.64. The summed E-state index contributed by atoms with van der Waals surface area (Å²) in [5.74, 6) is -0.379. The lowest BCUT2D eigenvalue weighted by atomic mass is 9.93. The Bertz CT molecular complexity index is 456. The normalized spacial score (nSPS) is 11.0. The van der Waals surface area contributed by atoms with Crippen molar-refractivity contribution in [1.29, 1.82) is 0 Å². The maximum atomic E-state index is 12.2. The second kappa shape index (κ2) is 7.05. The summed E-state index contributed by atoms with van der Waals surface area (Å²) in [7, 11) is 0. The molecule has 0 aliphatic carbocycles. The van der Waals surface area contributed by atoms with E-state index in [2.05, 4.69) is 10.6 Å². The van der Waals surface area contributed by atoms with Gasteiger partial charge < -0.3 is 15.7 Å². The second-order valence-corrected chi connectivity index (χ2v) is 4.86. The molecule has 0 saturated carbocycles. The maximum Gasteiger partial charge on any atom is 0.251 e. The summed E-state index contributed by atoms with van der Waals surface area (Å²) >= 11 is 0. The molecule has 0 fully saturated rings. The monoisotopic (exact) mass is 278 g/mol. The smallest absolute Gasteiger partial charge is 0.251 e. The number of aliphatic hydroxyl groups excluding tert-OH is 1. The van der Waals surface area contributed by atoms with Crippen LogP contribution >= 0.6 is 0 Å². The van der Waals surface area contributed by atoms with Crippen molar-refractivity contribution in [2.45, 2.75) is 39.2 Å². The van der Waals surface area contributed by atoms with E-state index in [9.17, 15) is 14.7 Å². The summed E-state index contributed by atoms with van der Waals surface area (Å²) in [5, 5.41) is 15.0. The molecule has 0 atom stereocenters. The van der Waals surface area contributed by atoms with Crippen molar-refractivity contribution in [3.63, 3.8) is 0 Å². The Kier molecular flexibility index (Phi) is 5.70. The molecule has 0 aromatic heterocycles. The summed E-state index contributed by atoms with van der Waals surface area (Å²) in [6.45, 7) is 5.20. The number of benzene rings is 1. The van der Waals surface area contributed by atoms with Crippen LogP contribution in [-0.4, -0.2) is 29.1 Å². The molecule has 2 amide bonds. The second-order valence-electron chi connectivity index (χ2n) is 4.86. The number of rotatable bonds is 6. The molecule has 1 aromatic rings. The Morgan fingerprint density at radius 1 is 1.15 bits per heavy atom. The molecule has 0 unspecified atom stereocenters. The van der Waals surface area contributed by atoms with E-state index in [0.717, 1.165) is 0 Å². The first-order valence-electron chi connectivity index (χ1n) is 6.77. The van der Waals surface area contributed by atoms with Crippen LogP contribution in [0.15, 0.2) is 24.3 Å². The summed E-state index contributed by atoms with van der Waals surface area (Å²) in [6.07, 6.45) is 1.32. The highest BCUT2D eigenvalue weighted by molar-refractivity contribution is 5.95. The molecule has 0 heterocycles. The number of hydrogen-bond donors (Lipinski definition) is 3. The van der Waals surface area contributed by atoms with E-state index in [1.54, 1.807) is 24.3 Å². The average molecular weight is 278 g/mol. The van der Waals surface area contributed by atoms with Crippen LogP contribution in [0.3, 0.4) is 0 Å². The molecule has 0 aliphatic heterocycles. The van der Waals surface area contributed by atoms with Crippen LogP contribution in [0.25, 0.3) is 0 Å².